The van der Waals surface area contributed by atoms with Crippen LogP contribution in [-0.4, -0.2) is 59.4 Å². The average molecular weight is 548 g/mol. The number of rotatable bonds is 11. The van der Waals surface area contributed by atoms with Gasteiger partial charge >= 0.3 is 5.97 Å². The lowest BCUT2D eigenvalue weighted by Gasteiger charge is -2.39. The Morgan fingerprint density at radius 3 is 2.62 bits per heavy atom. The Hall–Kier alpha value is -3.41. The number of likely N-dealkylation sites (tertiary alicyclic amines) is 1. The van der Waals surface area contributed by atoms with Crippen molar-refractivity contribution in [1.82, 2.24) is 9.88 Å². The summed E-state index contributed by atoms with van der Waals surface area (Å²) in [4.78, 5) is 18.7. The van der Waals surface area contributed by atoms with Crippen LogP contribution < -0.4 is 15.2 Å². The molecule has 1 atom stereocenters. The zero-order valence-corrected chi connectivity index (χ0v) is 21.6. The van der Waals surface area contributed by atoms with E-state index in [4.69, 9.17) is 15.2 Å². The molecule has 210 valence electrons. The van der Waals surface area contributed by atoms with Crippen LogP contribution in [0.25, 0.3) is 10.9 Å². The first kappa shape index (κ1) is 28.6. The first-order valence-electron chi connectivity index (χ1n) is 12.7. The van der Waals surface area contributed by atoms with E-state index >= 15 is 0 Å². The smallest absolute Gasteiger partial charge is 0.309 e. The van der Waals surface area contributed by atoms with Crippen LogP contribution >= 0.6 is 0 Å². The fraction of sp³-hybridized carbons (Fsp3) is 0.429. The van der Waals surface area contributed by atoms with Gasteiger partial charge in [0.1, 0.15) is 18.2 Å². The number of carboxylic acids is 1. The van der Waals surface area contributed by atoms with Crippen LogP contribution in [0.4, 0.5) is 13.2 Å². The number of nitrogens with two attached hydrogens (primary N) is 1. The third-order valence-corrected chi connectivity index (χ3v) is 7.54. The number of aliphatic hydroxyl groups is 1. The molecule has 0 bridgehead atoms. The minimum Gasteiger partial charge on any atom is -0.497 e. The average Bonchev–Trinajstić information content (AvgIpc) is 2.93. The number of benzene rings is 2. The number of aliphatic hydroxyl groups excluding tert-OH is 1. The van der Waals surface area contributed by atoms with E-state index in [9.17, 15) is 28.2 Å². The molecule has 1 aliphatic heterocycles. The van der Waals surface area contributed by atoms with E-state index in [0.717, 1.165) is 6.07 Å². The van der Waals surface area contributed by atoms with Gasteiger partial charge in [-0.25, -0.2) is 8.78 Å². The summed E-state index contributed by atoms with van der Waals surface area (Å²) in [5.74, 6) is -4.34. The molecule has 0 spiro atoms. The molecule has 0 amide bonds. The van der Waals surface area contributed by atoms with Crippen molar-refractivity contribution < 1.29 is 37.7 Å². The highest BCUT2D eigenvalue weighted by molar-refractivity contribution is 5.85. The van der Waals surface area contributed by atoms with Crippen LogP contribution in [-0.2, 0) is 11.3 Å². The Morgan fingerprint density at radius 1 is 1.21 bits per heavy atom. The molecule has 1 aliphatic rings. The molecular formula is C28H32F3N3O5. The molecule has 39 heavy (non-hydrogen) atoms. The summed E-state index contributed by atoms with van der Waals surface area (Å²) in [6, 6.07) is 6.59. The third-order valence-electron chi connectivity index (χ3n) is 7.54. The number of hydrogen-bond donors (Lipinski definition) is 3. The van der Waals surface area contributed by atoms with Crippen LogP contribution in [0.5, 0.6) is 11.5 Å². The number of piperidine rings is 1. The zero-order valence-electron chi connectivity index (χ0n) is 21.6. The van der Waals surface area contributed by atoms with Crippen molar-refractivity contribution >= 4 is 16.9 Å². The largest absolute Gasteiger partial charge is 0.497 e. The van der Waals surface area contributed by atoms with Gasteiger partial charge in [0.05, 0.1) is 24.1 Å². The van der Waals surface area contributed by atoms with Crippen molar-refractivity contribution in [3.63, 3.8) is 0 Å². The molecule has 3 aromatic rings. The number of halogens is 3. The summed E-state index contributed by atoms with van der Waals surface area (Å²) >= 11 is 0. The van der Waals surface area contributed by atoms with Gasteiger partial charge in [0, 0.05) is 36.8 Å². The predicted octanol–water partition coefficient (Wildman–Crippen LogP) is 4.18. The molecular weight excluding hydrogens is 515 g/mol. The lowest BCUT2D eigenvalue weighted by molar-refractivity contribution is -0.153. The van der Waals surface area contributed by atoms with Gasteiger partial charge in [0.25, 0.3) is 0 Å². The second-order valence-corrected chi connectivity index (χ2v) is 9.81. The molecule has 2 aromatic carbocycles. The molecule has 4 rings (SSSR count). The van der Waals surface area contributed by atoms with E-state index in [1.807, 2.05) is 4.90 Å². The highest BCUT2D eigenvalue weighted by Crippen LogP contribution is 2.40. The van der Waals surface area contributed by atoms with Gasteiger partial charge in [-0.2, -0.15) is 4.39 Å². The van der Waals surface area contributed by atoms with Crippen LogP contribution in [0.15, 0.2) is 36.5 Å². The van der Waals surface area contributed by atoms with E-state index in [0.29, 0.717) is 66.3 Å². The standard InChI is InChI=1S/C28H32F3N3O5/c1-38-19-2-3-22-20(14-19)25(17(15-32)16-33-22)23(35)4-5-28(27(36)37)6-8-34(9-7-28)10-11-39-24-13-18(29)12-21(30)26(24)31/h2-3,12-14,16,23,35H,4-11,15,32H2,1H3,(H,36,37)/t23-/m1/s1. The van der Waals surface area contributed by atoms with E-state index in [1.54, 1.807) is 31.5 Å². The number of pyridine rings is 1. The van der Waals surface area contributed by atoms with E-state index in [-0.39, 0.29) is 26.0 Å². The number of methoxy groups -OCH3 is 1. The minimum absolute atomic E-state index is 0.0148. The molecule has 11 heteroatoms. The predicted molar refractivity (Wildman–Crippen MR) is 138 cm³/mol. The van der Waals surface area contributed by atoms with Crippen molar-refractivity contribution in [1.29, 1.82) is 0 Å². The van der Waals surface area contributed by atoms with Gasteiger partial charge in [0.2, 0.25) is 5.82 Å². The van der Waals surface area contributed by atoms with Crippen LogP contribution in [0.1, 0.15) is 42.9 Å². The van der Waals surface area contributed by atoms with Gasteiger partial charge in [-0.05, 0) is 68.1 Å². The molecule has 1 aromatic heterocycles. The van der Waals surface area contributed by atoms with Gasteiger partial charge < -0.3 is 25.4 Å². The maximum Gasteiger partial charge on any atom is 0.309 e. The number of carbonyl (C=O) groups is 1. The van der Waals surface area contributed by atoms with E-state index in [1.165, 1.54) is 0 Å². The number of hydrogen-bond acceptors (Lipinski definition) is 7. The number of aromatic nitrogens is 1. The number of ether oxygens (including phenoxy) is 2. The monoisotopic (exact) mass is 547 g/mol. The van der Waals surface area contributed by atoms with E-state index < -0.39 is 40.7 Å². The minimum atomic E-state index is -1.33. The molecule has 0 unspecified atom stereocenters. The Bertz CT molecular complexity index is 1330. The van der Waals surface area contributed by atoms with Crippen molar-refractivity contribution in [2.45, 2.75) is 38.3 Å². The Balaban J connectivity index is 1.39. The zero-order chi connectivity index (χ0) is 28.2. The number of fused-ring (bicyclic) bond motifs is 1. The Kier molecular flexibility index (Phi) is 8.94. The van der Waals surface area contributed by atoms with Crippen molar-refractivity contribution in [3.05, 3.63) is 65.1 Å². The molecule has 1 fully saturated rings. The van der Waals surface area contributed by atoms with Crippen molar-refractivity contribution in [2.24, 2.45) is 11.1 Å². The number of nitrogens with zero attached hydrogens (tertiary/aromatic N) is 2. The van der Waals surface area contributed by atoms with Crippen molar-refractivity contribution in [3.8, 4) is 11.5 Å². The van der Waals surface area contributed by atoms with Crippen LogP contribution in [0, 0.1) is 22.9 Å². The maximum atomic E-state index is 13.8. The summed E-state index contributed by atoms with van der Waals surface area (Å²) in [5.41, 5.74) is 6.87. The Labute approximate surface area is 224 Å². The first-order valence-corrected chi connectivity index (χ1v) is 12.7. The van der Waals surface area contributed by atoms with Gasteiger partial charge in [0.15, 0.2) is 11.6 Å². The van der Waals surface area contributed by atoms with Gasteiger partial charge in [-0.3, -0.25) is 14.7 Å². The van der Waals surface area contributed by atoms with Gasteiger partial charge in [-0.1, -0.05) is 0 Å². The normalized spacial score (nSPS) is 16.3. The molecule has 1 saturated heterocycles. The van der Waals surface area contributed by atoms with Crippen molar-refractivity contribution in [2.75, 3.05) is 33.4 Å². The topological polar surface area (TPSA) is 118 Å². The maximum absolute atomic E-state index is 13.8. The molecule has 0 aliphatic carbocycles. The summed E-state index contributed by atoms with van der Waals surface area (Å²) in [6.07, 6.45) is 1.82. The lowest BCUT2D eigenvalue weighted by atomic mass is 9.74. The summed E-state index contributed by atoms with van der Waals surface area (Å²) < 4.78 is 51.1. The second kappa shape index (κ2) is 12.2. The molecule has 8 nitrogen and oxygen atoms in total. The summed E-state index contributed by atoms with van der Waals surface area (Å²) in [6.45, 7) is 1.36. The lowest BCUT2D eigenvalue weighted by Crippen LogP contribution is -2.45. The highest BCUT2D eigenvalue weighted by atomic mass is 19.2. The summed E-state index contributed by atoms with van der Waals surface area (Å²) in [5, 5.41) is 22.1. The van der Waals surface area contributed by atoms with Crippen LogP contribution in [0.3, 0.4) is 0 Å². The van der Waals surface area contributed by atoms with E-state index in [2.05, 4.69) is 4.98 Å². The fourth-order valence-corrected chi connectivity index (χ4v) is 5.17. The van der Waals surface area contributed by atoms with Gasteiger partial charge in [-0.15, -0.1) is 0 Å². The highest BCUT2D eigenvalue weighted by Gasteiger charge is 2.41. The third kappa shape index (κ3) is 6.26. The molecule has 0 radical (unpaired) electrons. The quantitative estimate of drug-likeness (QED) is 0.306. The second-order valence-electron chi connectivity index (χ2n) is 9.81. The molecule has 0 saturated carbocycles. The SMILES string of the molecule is COc1ccc2ncc(CN)c([C@H](O)CCC3(C(=O)O)CCN(CCOc4cc(F)cc(F)c4F)CC3)c2c1. The first-order chi connectivity index (χ1) is 18.7. The Morgan fingerprint density at radius 2 is 1.95 bits per heavy atom. The number of aliphatic carboxylic acids is 1. The van der Waals surface area contributed by atoms with Crippen LogP contribution in [0.2, 0.25) is 0 Å². The number of carboxylic acid groups (broad SMARTS) is 1. The molecule has 4 N–H and O–H groups in total. The summed E-state index contributed by atoms with van der Waals surface area (Å²) in [7, 11) is 1.55. The molecule has 2 heterocycles. The fourth-order valence-electron chi connectivity index (χ4n) is 5.17.